The highest BCUT2D eigenvalue weighted by Gasteiger charge is 2.12. The molecule has 0 saturated heterocycles. The Morgan fingerprint density at radius 2 is 1.96 bits per heavy atom. The van der Waals surface area contributed by atoms with Gasteiger partial charge in [0, 0.05) is 24.1 Å². The third kappa shape index (κ3) is 6.36. The summed E-state index contributed by atoms with van der Waals surface area (Å²) in [6, 6.07) is 12.2. The van der Waals surface area contributed by atoms with E-state index in [2.05, 4.69) is 20.7 Å². The van der Waals surface area contributed by atoms with Crippen molar-refractivity contribution in [3.63, 3.8) is 0 Å². The molecule has 0 heterocycles. The van der Waals surface area contributed by atoms with Gasteiger partial charge < -0.3 is 14.4 Å². The van der Waals surface area contributed by atoms with Crippen LogP contribution in [0.15, 0.2) is 53.0 Å². The van der Waals surface area contributed by atoms with Crippen molar-refractivity contribution in [1.29, 1.82) is 0 Å². The fourth-order valence-corrected chi connectivity index (χ4v) is 2.75. The second kappa shape index (κ2) is 10.1. The van der Waals surface area contributed by atoms with Crippen molar-refractivity contribution >= 4 is 27.9 Å². The highest BCUT2D eigenvalue weighted by molar-refractivity contribution is 9.10. The number of benzene rings is 2. The van der Waals surface area contributed by atoms with E-state index in [-0.39, 0.29) is 17.4 Å². The molecule has 0 aromatic heterocycles. The molecule has 2 rings (SSSR count). The van der Waals surface area contributed by atoms with Crippen LogP contribution in [0.2, 0.25) is 0 Å². The van der Waals surface area contributed by atoms with Crippen molar-refractivity contribution in [2.24, 2.45) is 0 Å². The first-order valence-corrected chi connectivity index (χ1v) is 9.08. The Morgan fingerprint density at radius 1 is 1.22 bits per heavy atom. The van der Waals surface area contributed by atoms with Gasteiger partial charge in [0.2, 0.25) is 5.91 Å². The molecule has 0 unspecified atom stereocenters. The number of hydrogen-bond acceptors (Lipinski definition) is 3. The summed E-state index contributed by atoms with van der Waals surface area (Å²) in [6.07, 6.45) is 3.03. The van der Waals surface area contributed by atoms with Gasteiger partial charge in [0.25, 0.3) is 0 Å². The van der Waals surface area contributed by atoms with E-state index in [1.165, 1.54) is 12.1 Å². The molecule has 2 aromatic carbocycles. The van der Waals surface area contributed by atoms with E-state index in [1.54, 1.807) is 37.1 Å². The zero-order valence-electron chi connectivity index (χ0n) is 15.0. The maximum Gasteiger partial charge on any atom is 0.387 e. The lowest BCUT2D eigenvalue weighted by atomic mass is 10.1. The van der Waals surface area contributed by atoms with E-state index >= 15 is 0 Å². The van der Waals surface area contributed by atoms with Gasteiger partial charge in [-0.1, -0.05) is 40.2 Å². The number of rotatable bonds is 8. The van der Waals surface area contributed by atoms with Crippen LogP contribution in [-0.2, 0) is 11.3 Å². The number of nitrogens with zero attached hydrogens (tertiary/aromatic N) is 1. The third-order valence-corrected chi connectivity index (χ3v) is 4.42. The first-order valence-electron chi connectivity index (χ1n) is 8.29. The Morgan fingerprint density at radius 3 is 2.63 bits per heavy atom. The van der Waals surface area contributed by atoms with Crippen molar-refractivity contribution in [2.45, 2.75) is 20.1 Å². The van der Waals surface area contributed by atoms with E-state index in [4.69, 9.17) is 4.74 Å². The van der Waals surface area contributed by atoms with E-state index in [0.29, 0.717) is 18.7 Å². The number of halogens is 3. The van der Waals surface area contributed by atoms with Crippen LogP contribution in [0.25, 0.3) is 6.08 Å². The van der Waals surface area contributed by atoms with Crippen LogP contribution in [0.1, 0.15) is 18.1 Å². The molecule has 7 heteroatoms. The van der Waals surface area contributed by atoms with Crippen molar-refractivity contribution in [2.75, 3.05) is 13.7 Å². The van der Waals surface area contributed by atoms with Crippen molar-refractivity contribution in [3.8, 4) is 11.5 Å². The minimum Gasteiger partial charge on any atom is -0.490 e. The summed E-state index contributed by atoms with van der Waals surface area (Å²) >= 11 is 3.46. The second-order valence-electron chi connectivity index (χ2n) is 5.64. The van der Waals surface area contributed by atoms with Gasteiger partial charge in [0.1, 0.15) is 0 Å². The SMILES string of the molecule is CCOc1cc(/C=C/C(=O)N(C)Cc2ccccc2Br)ccc1OC(F)F. The molecule has 0 spiro atoms. The first-order chi connectivity index (χ1) is 12.9. The van der Waals surface area contributed by atoms with Gasteiger partial charge in [-0.2, -0.15) is 8.78 Å². The molecule has 27 heavy (non-hydrogen) atoms. The Hall–Kier alpha value is -2.41. The molecule has 0 aliphatic rings. The highest BCUT2D eigenvalue weighted by Crippen LogP contribution is 2.30. The summed E-state index contributed by atoms with van der Waals surface area (Å²) < 4.78 is 35.6. The predicted molar refractivity (Wildman–Crippen MR) is 104 cm³/mol. The van der Waals surface area contributed by atoms with Crippen LogP contribution in [0, 0.1) is 0 Å². The molecule has 144 valence electrons. The number of hydrogen-bond donors (Lipinski definition) is 0. The summed E-state index contributed by atoms with van der Waals surface area (Å²) in [4.78, 5) is 13.9. The number of carbonyl (C=O) groups excluding carboxylic acids is 1. The molecule has 0 saturated carbocycles. The molecule has 0 atom stereocenters. The minimum atomic E-state index is -2.93. The van der Waals surface area contributed by atoms with Crippen LogP contribution in [0.3, 0.4) is 0 Å². The standard InChI is InChI=1S/C20H20BrF2NO3/c1-3-26-18-12-14(8-10-17(18)27-20(22)23)9-11-19(25)24(2)13-15-6-4-5-7-16(15)21/h4-12,20H,3,13H2,1-2H3/b11-9+. The average molecular weight is 440 g/mol. The summed E-state index contributed by atoms with van der Waals surface area (Å²) in [5, 5.41) is 0. The minimum absolute atomic E-state index is 0.0404. The summed E-state index contributed by atoms with van der Waals surface area (Å²) in [7, 11) is 1.71. The Balaban J connectivity index is 2.08. The molecule has 2 aromatic rings. The van der Waals surface area contributed by atoms with Gasteiger partial charge in [0.05, 0.1) is 6.61 Å². The largest absolute Gasteiger partial charge is 0.490 e. The molecule has 0 aliphatic heterocycles. The maximum absolute atomic E-state index is 12.4. The second-order valence-corrected chi connectivity index (χ2v) is 6.49. The number of amides is 1. The normalized spacial score (nSPS) is 11.0. The fraction of sp³-hybridized carbons (Fsp3) is 0.250. The van der Waals surface area contributed by atoms with Crippen molar-refractivity contribution < 1.29 is 23.0 Å². The lowest BCUT2D eigenvalue weighted by molar-refractivity contribution is -0.125. The maximum atomic E-state index is 12.4. The number of carbonyl (C=O) groups is 1. The van der Waals surface area contributed by atoms with Crippen LogP contribution in [-0.4, -0.2) is 31.1 Å². The quantitative estimate of drug-likeness (QED) is 0.535. The molecular formula is C20H20BrF2NO3. The molecule has 1 amide bonds. The average Bonchev–Trinajstić information content (AvgIpc) is 2.63. The van der Waals surface area contributed by atoms with Crippen molar-refractivity contribution in [3.05, 3.63) is 64.1 Å². The number of ether oxygens (including phenoxy) is 2. The van der Waals surface area contributed by atoms with Crippen LogP contribution < -0.4 is 9.47 Å². The zero-order valence-corrected chi connectivity index (χ0v) is 16.6. The lowest BCUT2D eigenvalue weighted by Crippen LogP contribution is -2.24. The van der Waals surface area contributed by atoms with Crippen LogP contribution in [0.5, 0.6) is 11.5 Å². The molecule has 0 bridgehead atoms. The Kier molecular flexibility index (Phi) is 7.79. The van der Waals surface area contributed by atoms with E-state index < -0.39 is 6.61 Å². The molecule has 0 fully saturated rings. The van der Waals surface area contributed by atoms with Gasteiger partial charge in [-0.25, -0.2) is 0 Å². The molecule has 0 aliphatic carbocycles. The van der Waals surface area contributed by atoms with Gasteiger partial charge in [-0.3, -0.25) is 4.79 Å². The van der Waals surface area contributed by atoms with E-state index in [9.17, 15) is 13.6 Å². The van der Waals surface area contributed by atoms with Gasteiger partial charge >= 0.3 is 6.61 Å². The number of likely N-dealkylation sites (N-methyl/N-ethyl adjacent to an activating group) is 1. The van der Waals surface area contributed by atoms with E-state index in [1.807, 2.05) is 24.3 Å². The third-order valence-electron chi connectivity index (χ3n) is 3.64. The van der Waals surface area contributed by atoms with Crippen molar-refractivity contribution in [1.82, 2.24) is 4.90 Å². The van der Waals surface area contributed by atoms with Gasteiger partial charge in [0.15, 0.2) is 11.5 Å². The van der Waals surface area contributed by atoms with E-state index in [0.717, 1.165) is 10.0 Å². The van der Waals surface area contributed by atoms with Crippen LogP contribution >= 0.6 is 15.9 Å². The molecular weight excluding hydrogens is 420 g/mol. The van der Waals surface area contributed by atoms with Gasteiger partial charge in [-0.05, 0) is 42.3 Å². The number of alkyl halides is 2. The smallest absolute Gasteiger partial charge is 0.387 e. The predicted octanol–water partition coefficient (Wildman–Crippen LogP) is 5.12. The highest BCUT2D eigenvalue weighted by atomic mass is 79.9. The first kappa shape index (κ1) is 20.9. The molecule has 0 radical (unpaired) electrons. The lowest BCUT2D eigenvalue weighted by Gasteiger charge is -2.16. The summed E-state index contributed by atoms with van der Waals surface area (Å²) in [5.74, 6) is -0.0213. The molecule has 0 N–H and O–H groups in total. The topological polar surface area (TPSA) is 38.8 Å². The summed E-state index contributed by atoms with van der Waals surface area (Å²) in [5.41, 5.74) is 1.64. The Bertz CT molecular complexity index is 812. The molecule has 4 nitrogen and oxygen atoms in total. The van der Waals surface area contributed by atoms with Crippen LogP contribution in [0.4, 0.5) is 8.78 Å². The zero-order chi connectivity index (χ0) is 19.8. The summed E-state index contributed by atoms with van der Waals surface area (Å²) in [6.45, 7) is -0.427. The fourth-order valence-electron chi connectivity index (χ4n) is 2.34. The monoisotopic (exact) mass is 439 g/mol. The Labute approximate surface area is 165 Å². The van der Waals surface area contributed by atoms with Gasteiger partial charge in [-0.15, -0.1) is 0 Å².